The van der Waals surface area contributed by atoms with Crippen LogP contribution in [0.1, 0.15) is 35.9 Å². The van der Waals surface area contributed by atoms with Crippen LogP contribution in [0.15, 0.2) is 29.0 Å². The summed E-state index contributed by atoms with van der Waals surface area (Å²) in [6, 6.07) is 3.35. The van der Waals surface area contributed by atoms with Crippen LogP contribution < -0.4 is 10.6 Å². The second-order valence-electron chi connectivity index (χ2n) is 5.34. The number of hydrogen-bond donors (Lipinski definition) is 3. The van der Waals surface area contributed by atoms with Gasteiger partial charge in [-0.2, -0.15) is 5.10 Å². The van der Waals surface area contributed by atoms with Gasteiger partial charge in [-0.1, -0.05) is 0 Å². The lowest BCUT2D eigenvalue weighted by atomic mass is 9.93. The maximum Gasteiger partial charge on any atom is 0.315 e. The van der Waals surface area contributed by atoms with Crippen molar-refractivity contribution < 1.29 is 14.3 Å². The molecule has 0 radical (unpaired) electrons. The molecule has 0 spiro atoms. The number of nitrogens with zero attached hydrogens (tertiary/aromatic N) is 2. The highest BCUT2D eigenvalue weighted by Crippen LogP contribution is 2.29. The van der Waals surface area contributed by atoms with E-state index in [0.29, 0.717) is 13.1 Å². The minimum Gasteiger partial charge on any atom is -0.467 e. The number of aromatic nitrogens is 2. The highest BCUT2D eigenvalue weighted by molar-refractivity contribution is 5.74. The molecule has 1 aliphatic carbocycles. The normalized spacial score (nSPS) is 17.0. The van der Waals surface area contributed by atoms with E-state index in [1.807, 2.05) is 10.7 Å². The van der Waals surface area contributed by atoms with Crippen molar-refractivity contribution in [3.8, 4) is 0 Å². The number of hydrogen-bond acceptors (Lipinski definition) is 4. The number of nitrogens with one attached hydrogen (secondary N) is 2. The molecule has 0 aromatic carbocycles. The Bertz CT molecular complexity index is 621. The number of carbonyl (C=O) groups is 1. The van der Waals surface area contributed by atoms with E-state index in [-0.39, 0.29) is 18.7 Å². The summed E-state index contributed by atoms with van der Waals surface area (Å²) in [6.45, 7) is 0.921. The standard InChI is InChI=1S/C15H20N4O3/c20-7-6-19-14-5-1-4-13(12(14)10-17-19)18-15(21)16-9-11-3-2-8-22-11/h2-3,8,10,13,20H,1,4-7,9H2,(H2,16,18,21). The van der Waals surface area contributed by atoms with E-state index in [4.69, 9.17) is 9.52 Å². The number of carbonyl (C=O) groups excluding carboxylic acids is 1. The quantitative estimate of drug-likeness (QED) is 0.777. The van der Waals surface area contributed by atoms with Crippen LogP contribution in [0.25, 0.3) is 0 Å². The lowest BCUT2D eigenvalue weighted by Gasteiger charge is -2.24. The minimum atomic E-state index is -0.218. The van der Waals surface area contributed by atoms with Crippen LogP contribution in [0.4, 0.5) is 4.79 Å². The van der Waals surface area contributed by atoms with Crippen molar-refractivity contribution in [3.05, 3.63) is 41.6 Å². The highest BCUT2D eigenvalue weighted by Gasteiger charge is 2.25. The molecule has 1 aliphatic rings. The molecule has 7 nitrogen and oxygen atoms in total. The lowest BCUT2D eigenvalue weighted by Crippen LogP contribution is -2.38. The van der Waals surface area contributed by atoms with Crippen molar-refractivity contribution in [3.63, 3.8) is 0 Å². The highest BCUT2D eigenvalue weighted by atomic mass is 16.3. The van der Waals surface area contributed by atoms with Gasteiger partial charge in [-0.3, -0.25) is 4.68 Å². The van der Waals surface area contributed by atoms with Crippen molar-refractivity contribution in [2.24, 2.45) is 0 Å². The Kier molecular flexibility index (Phi) is 4.43. The first-order chi connectivity index (χ1) is 10.8. The number of urea groups is 1. The zero-order valence-electron chi connectivity index (χ0n) is 12.3. The molecule has 22 heavy (non-hydrogen) atoms. The van der Waals surface area contributed by atoms with Gasteiger partial charge in [0.05, 0.1) is 38.2 Å². The molecular formula is C15H20N4O3. The van der Waals surface area contributed by atoms with Crippen LogP contribution in [0.2, 0.25) is 0 Å². The molecule has 7 heteroatoms. The molecule has 0 saturated heterocycles. The van der Waals surface area contributed by atoms with Crippen molar-refractivity contribution >= 4 is 6.03 Å². The number of fused-ring (bicyclic) bond motifs is 1. The van der Waals surface area contributed by atoms with Crippen LogP contribution in [0.5, 0.6) is 0 Å². The second-order valence-corrected chi connectivity index (χ2v) is 5.34. The van der Waals surface area contributed by atoms with E-state index in [2.05, 4.69) is 15.7 Å². The summed E-state index contributed by atoms with van der Waals surface area (Å²) in [5.41, 5.74) is 2.16. The summed E-state index contributed by atoms with van der Waals surface area (Å²) in [4.78, 5) is 12.0. The van der Waals surface area contributed by atoms with Gasteiger partial charge in [0.15, 0.2) is 0 Å². The minimum absolute atomic E-state index is 0.0345. The molecule has 2 amide bonds. The fourth-order valence-corrected chi connectivity index (χ4v) is 2.85. The van der Waals surface area contributed by atoms with Gasteiger partial charge >= 0.3 is 6.03 Å². The van der Waals surface area contributed by atoms with Gasteiger partial charge in [-0.25, -0.2) is 4.79 Å². The maximum absolute atomic E-state index is 12.0. The average molecular weight is 304 g/mol. The summed E-state index contributed by atoms with van der Waals surface area (Å²) in [5, 5.41) is 19.1. The zero-order valence-corrected chi connectivity index (χ0v) is 12.3. The topological polar surface area (TPSA) is 92.3 Å². The third kappa shape index (κ3) is 3.14. The van der Waals surface area contributed by atoms with Crippen LogP contribution in [0, 0.1) is 0 Å². The molecular weight excluding hydrogens is 284 g/mol. The largest absolute Gasteiger partial charge is 0.467 e. The summed E-state index contributed by atoms with van der Waals surface area (Å²) < 4.78 is 7.00. The molecule has 2 aromatic rings. The summed E-state index contributed by atoms with van der Waals surface area (Å²) in [6.07, 6.45) is 6.19. The molecule has 0 bridgehead atoms. The van der Waals surface area contributed by atoms with Gasteiger partial charge in [-0.05, 0) is 31.4 Å². The van der Waals surface area contributed by atoms with E-state index in [0.717, 1.165) is 36.3 Å². The van der Waals surface area contributed by atoms with E-state index >= 15 is 0 Å². The number of amides is 2. The Labute approximate surface area is 128 Å². The molecule has 0 saturated carbocycles. The second kappa shape index (κ2) is 6.65. The molecule has 3 rings (SSSR count). The van der Waals surface area contributed by atoms with Crippen LogP contribution in [-0.2, 0) is 19.5 Å². The first-order valence-corrected chi connectivity index (χ1v) is 7.50. The monoisotopic (exact) mass is 304 g/mol. The van der Waals surface area contributed by atoms with Gasteiger partial charge in [0, 0.05) is 11.3 Å². The van der Waals surface area contributed by atoms with Gasteiger partial charge in [-0.15, -0.1) is 0 Å². The molecule has 118 valence electrons. The van der Waals surface area contributed by atoms with Crippen molar-refractivity contribution in [2.45, 2.75) is 38.4 Å². The summed E-state index contributed by atoms with van der Waals surface area (Å²) in [7, 11) is 0. The molecule has 1 unspecified atom stereocenters. The zero-order chi connectivity index (χ0) is 15.4. The Morgan fingerprint density at radius 3 is 3.23 bits per heavy atom. The molecule has 1 atom stereocenters. The molecule has 2 aromatic heterocycles. The van der Waals surface area contributed by atoms with E-state index in [9.17, 15) is 4.79 Å². The predicted molar refractivity (Wildman–Crippen MR) is 79.1 cm³/mol. The number of aliphatic hydroxyl groups excluding tert-OH is 1. The van der Waals surface area contributed by atoms with E-state index < -0.39 is 0 Å². The fraction of sp³-hybridized carbons (Fsp3) is 0.467. The van der Waals surface area contributed by atoms with Gasteiger partial charge in [0.2, 0.25) is 0 Å². The van der Waals surface area contributed by atoms with E-state index in [1.165, 1.54) is 0 Å². The number of aliphatic hydroxyl groups is 1. The first-order valence-electron chi connectivity index (χ1n) is 7.50. The number of rotatable bonds is 5. The Hall–Kier alpha value is -2.28. The van der Waals surface area contributed by atoms with Crippen LogP contribution in [-0.4, -0.2) is 27.5 Å². The van der Waals surface area contributed by atoms with E-state index in [1.54, 1.807) is 18.5 Å². The number of furan rings is 1. The van der Waals surface area contributed by atoms with Gasteiger partial charge in [0.25, 0.3) is 0 Å². The first kappa shape index (κ1) is 14.6. The lowest BCUT2D eigenvalue weighted by molar-refractivity contribution is 0.234. The molecule has 2 heterocycles. The van der Waals surface area contributed by atoms with Crippen LogP contribution in [0.3, 0.4) is 0 Å². The molecule has 3 N–H and O–H groups in total. The van der Waals surface area contributed by atoms with Crippen molar-refractivity contribution in [1.82, 2.24) is 20.4 Å². The smallest absolute Gasteiger partial charge is 0.315 e. The fourth-order valence-electron chi connectivity index (χ4n) is 2.85. The molecule has 0 aliphatic heterocycles. The van der Waals surface area contributed by atoms with Crippen LogP contribution >= 0.6 is 0 Å². The average Bonchev–Trinajstić information content (AvgIpc) is 3.16. The Morgan fingerprint density at radius 1 is 1.55 bits per heavy atom. The third-order valence-electron chi connectivity index (χ3n) is 3.88. The van der Waals surface area contributed by atoms with Gasteiger partial charge in [0.1, 0.15) is 5.76 Å². The maximum atomic E-state index is 12.0. The van der Waals surface area contributed by atoms with Crippen molar-refractivity contribution in [1.29, 1.82) is 0 Å². The Morgan fingerprint density at radius 2 is 2.45 bits per heavy atom. The van der Waals surface area contributed by atoms with Crippen molar-refractivity contribution in [2.75, 3.05) is 6.61 Å². The third-order valence-corrected chi connectivity index (χ3v) is 3.88. The summed E-state index contributed by atoms with van der Waals surface area (Å²) in [5.74, 6) is 0.718. The Balaban J connectivity index is 1.60. The SMILES string of the molecule is O=C(NCc1ccco1)NC1CCCc2c1cnn2CCO. The predicted octanol–water partition coefficient (Wildman–Crippen LogP) is 1.35. The van der Waals surface area contributed by atoms with Gasteiger partial charge < -0.3 is 20.2 Å². The summed E-state index contributed by atoms with van der Waals surface area (Å²) >= 11 is 0. The molecule has 0 fully saturated rings.